The number of hydrogen-bond acceptors (Lipinski definition) is 6. The molecule has 0 bridgehead atoms. The lowest BCUT2D eigenvalue weighted by Gasteiger charge is -2.15. The normalized spacial score (nSPS) is 19.3. The van der Waals surface area contributed by atoms with Crippen molar-refractivity contribution >= 4 is 16.9 Å². The average Bonchev–Trinajstić information content (AvgIpc) is 3.28. The van der Waals surface area contributed by atoms with Crippen LogP contribution in [0.2, 0.25) is 0 Å². The summed E-state index contributed by atoms with van der Waals surface area (Å²) in [4.78, 5) is 29.0. The molecular weight excluding hydrogens is 351 g/mol. The molecule has 1 aromatic carbocycles. The number of ether oxygens (including phenoxy) is 1. The summed E-state index contributed by atoms with van der Waals surface area (Å²) in [5.74, 6) is 0.163. The summed E-state index contributed by atoms with van der Waals surface area (Å²) in [7, 11) is 0. The maximum atomic E-state index is 14.3. The van der Waals surface area contributed by atoms with Gasteiger partial charge < -0.3 is 14.6 Å². The molecule has 1 aliphatic heterocycles. The predicted octanol–water partition coefficient (Wildman–Crippen LogP) is 1.60. The molecule has 1 aliphatic rings. The zero-order chi connectivity index (χ0) is 18.8. The standard InChI is InChI=1S/C18H15FN6O2/c19-12-8-25(18(26)15-7-21-3-4-22-15)9-16(12)27-10-17-23-13-2-1-11(6-20)5-14(13)24-17/h1-5,7,12,16H,8-10H2,(H,23,24)/t12-,16+/m1/s1. The molecule has 2 aromatic heterocycles. The molecule has 2 atom stereocenters. The Bertz CT molecular complexity index is 1020. The largest absolute Gasteiger partial charge is 0.365 e. The van der Waals surface area contributed by atoms with E-state index in [2.05, 4.69) is 26.0 Å². The van der Waals surface area contributed by atoms with Crippen LogP contribution in [0.5, 0.6) is 0 Å². The smallest absolute Gasteiger partial charge is 0.274 e. The van der Waals surface area contributed by atoms with Crippen LogP contribution in [-0.2, 0) is 11.3 Å². The van der Waals surface area contributed by atoms with Gasteiger partial charge in [0.1, 0.15) is 30.4 Å². The fraction of sp³-hybridized carbons (Fsp3) is 0.278. The maximum Gasteiger partial charge on any atom is 0.274 e. The van der Waals surface area contributed by atoms with Crippen LogP contribution in [0.25, 0.3) is 11.0 Å². The summed E-state index contributed by atoms with van der Waals surface area (Å²) in [6, 6.07) is 7.18. The first-order valence-corrected chi connectivity index (χ1v) is 8.34. The van der Waals surface area contributed by atoms with Crippen molar-refractivity contribution in [3.63, 3.8) is 0 Å². The number of aromatic nitrogens is 4. The Morgan fingerprint density at radius 1 is 1.41 bits per heavy atom. The van der Waals surface area contributed by atoms with Gasteiger partial charge in [0.25, 0.3) is 5.91 Å². The van der Waals surface area contributed by atoms with E-state index >= 15 is 0 Å². The van der Waals surface area contributed by atoms with Crippen molar-refractivity contribution < 1.29 is 13.9 Å². The number of nitriles is 1. The molecule has 0 saturated carbocycles. The second kappa shape index (κ2) is 7.09. The molecule has 8 nitrogen and oxygen atoms in total. The number of halogens is 1. The van der Waals surface area contributed by atoms with Crippen molar-refractivity contribution in [2.75, 3.05) is 13.1 Å². The number of rotatable bonds is 4. The van der Waals surface area contributed by atoms with E-state index in [-0.39, 0.29) is 31.3 Å². The van der Waals surface area contributed by atoms with Gasteiger partial charge in [-0.25, -0.2) is 14.4 Å². The van der Waals surface area contributed by atoms with Crippen molar-refractivity contribution in [2.45, 2.75) is 18.9 Å². The van der Waals surface area contributed by atoms with Crippen molar-refractivity contribution in [1.29, 1.82) is 5.26 Å². The minimum atomic E-state index is -1.29. The molecule has 0 radical (unpaired) electrons. The molecule has 3 heterocycles. The van der Waals surface area contributed by atoms with E-state index in [1.54, 1.807) is 18.2 Å². The number of carbonyl (C=O) groups excluding carboxylic acids is 1. The average molecular weight is 366 g/mol. The minimum absolute atomic E-state index is 0.0499. The first-order valence-electron chi connectivity index (χ1n) is 8.34. The summed E-state index contributed by atoms with van der Waals surface area (Å²) in [6.07, 6.45) is 2.21. The van der Waals surface area contributed by atoms with Gasteiger partial charge in [-0.05, 0) is 18.2 Å². The van der Waals surface area contributed by atoms with Crippen LogP contribution in [0, 0.1) is 11.3 Å². The van der Waals surface area contributed by atoms with E-state index in [4.69, 9.17) is 10.00 Å². The number of nitrogens with one attached hydrogen (secondary N) is 1. The number of imidazole rings is 1. The molecule has 1 N–H and O–H groups in total. The van der Waals surface area contributed by atoms with E-state index in [1.165, 1.54) is 23.5 Å². The van der Waals surface area contributed by atoms with Crippen LogP contribution in [0.3, 0.4) is 0 Å². The number of carbonyl (C=O) groups is 1. The highest BCUT2D eigenvalue weighted by Crippen LogP contribution is 2.20. The molecular formula is C18H15FN6O2. The Balaban J connectivity index is 1.40. The molecule has 3 aromatic rings. The number of alkyl halides is 1. The Hall–Kier alpha value is -3.38. The van der Waals surface area contributed by atoms with Crippen LogP contribution in [0.1, 0.15) is 21.9 Å². The predicted molar refractivity (Wildman–Crippen MR) is 92.2 cm³/mol. The topological polar surface area (TPSA) is 108 Å². The van der Waals surface area contributed by atoms with Crippen molar-refractivity contribution in [3.8, 4) is 6.07 Å². The molecule has 0 spiro atoms. The second-order valence-electron chi connectivity index (χ2n) is 6.19. The highest BCUT2D eigenvalue weighted by molar-refractivity contribution is 5.92. The number of hydrogen-bond donors (Lipinski definition) is 1. The molecule has 136 valence electrons. The molecule has 1 amide bonds. The van der Waals surface area contributed by atoms with Crippen molar-refractivity contribution in [2.24, 2.45) is 0 Å². The molecule has 4 rings (SSSR count). The zero-order valence-corrected chi connectivity index (χ0v) is 14.2. The quantitative estimate of drug-likeness (QED) is 0.751. The summed E-state index contributed by atoms with van der Waals surface area (Å²) >= 11 is 0. The van der Waals surface area contributed by atoms with E-state index in [9.17, 15) is 9.18 Å². The lowest BCUT2D eigenvalue weighted by atomic mass is 10.2. The van der Waals surface area contributed by atoms with Crippen molar-refractivity contribution in [1.82, 2.24) is 24.8 Å². The summed E-state index contributed by atoms with van der Waals surface area (Å²) in [5, 5.41) is 8.94. The van der Waals surface area contributed by atoms with Gasteiger partial charge in [0.2, 0.25) is 0 Å². The Labute approximate surface area is 153 Å². The van der Waals surface area contributed by atoms with E-state index in [0.29, 0.717) is 16.9 Å². The maximum absolute atomic E-state index is 14.3. The SMILES string of the molecule is N#Cc1ccc2nc(CO[C@H]3CN(C(=O)c4cnccn4)C[C@H]3F)[nH]c2c1. The van der Waals surface area contributed by atoms with Gasteiger partial charge in [0.05, 0.1) is 42.0 Å². The van der Waals surface area contributed by atoms with Crippen LogP contribution in [0.15, 0.2) is 36.8 Å². The number of H-pyrrole nitrogens is 1. The van der Waals surface area contributed by atoms with Crippen molar-refractivity contribution in [3.05, 3.63) is 53.9 Å². The fourth-order valence-electron chi connectivity index (χ4n) is 3.02. The third-order valence-electron chi connectivity index (χ3n) is 4.36. The Morgan fingerprint density at radius 2 is 2.30 bits per heavy atom. The zero-order valence-electron chi connectivity index (χ0n) is 14.2. The van der Waals surface area contributed by atoms with Gasteiger partial charge in [-0.15, -0.1) is 0 Å². The van der Waals surface area contributed by atoms with Gasteiger partial charge >= 0.3 is 0 Å². The number of benzene rings is 1. The molecule has 0 unspecified atom stereocenters. The first kappa shape index (κ1) is 17.1. The van der Waals surface area contributed by atoms with Crippen LogP contribution in [0.4, 0.5) is 4.39 Å². The molecule has 9 heteroatoms. The van der Waals surface area contributed by atoms with Crippen LogP contribution >= 0.6 is 0 Å². The highest BCUT2D eigenvalue weighted by Gasteiger charge is 2.37. The monoisotopic (exact) mass is 366 g/mol. The van der Waals surface area contributed by atoms with E-state index < -0.39 is 12.3 Å². The van der Waals surface area contributed by atoms with Gasteiger partial charge in [0.15, 0.2) is 0 Å². The number of aromatic amines is 1. The van der Waals surface area contributed by atoms with E-state index in [0.717, 1.165) is 5.52 Å². The van der Waals surface area contributed by atoms with Gasteiger partial charge in [-0.3, -0.25) is 9.78 Å². The number of amides is 1. The van der Waals surface area contributed by atoms with Gasteiger partial charge in [-0.1, -0.05) is 0 Å². The Kier molecular flexibility index (Phi) is 4.48. The third-order valence-corrected chi connectivity index (χ3v) is 4.36. The second-order valence-corrected chi connectivity index (χ2v) is 6.19. The minimum Gasteiger partial charge on any atom is -0.365 e. The summed E-state index contributed by atoms with van der Waals surface area (Å²) in [6.45, 7) is 0.163. The number of likely N-dealkylation sites (tertiary alicyclic amines) is 1. The Morgan fingerprint density at radius 3 is 3.07 bits per heavy atom. The number of fused-ring (bicyclic) bond motifs is 1. The lowest BCUT2D eigenvalue weighted by Crippen LogP contribution is -2.30. The summed E-state index contributed by atoms with van der Waals surface area (Å²) < 4.78 is 19.9. The molecule has 1 fully saturated rings. The summed E-state index contributed by atoms with van der Waals surface area (Å²) in [5.41, 5.74) is 2.12. The highest BCUT2D eigenvalue weighted by atomic mass is 19.1. The number of nitrogens with zero attached hydrogens (tertiary/aromatic N) is 5. The van der Waals surface area contributed by atoms with Gasteiger partial charge in [-0.2, -0.15) is 5.26 Å². The molecule has 27 heavy (non-hydrogen) atoms. The fourth-order valence-corrected chi connectivity index (χ4v) is 3.02. The molecule has 1 saturated heterocycles. The van der Waals surface area contributed by atoms with Crippen LogP contribution < -0.4 is 0 Å². The first-order chi connectivity index (χ1) is 13.1. The van der Waals surface area contributed by atoms with Crippen LogP contribution in [-0.4, -0.2) is 56.1 Å². The van der Waals surface area contributed by atoms with E-state index in [1.807, 2.05) is 0 Å². The molecule has 0 aliphatic carbocycles. The lowest BCUT2D eigenvalue weighted by molar-refractivity contribution is 0.00886. The third kappa shape index (κ3) is 3.47. The van der Waals surface area contributed by atoms with Gasteiger partial charge in [0, 0.05) is 12.4 Å².